The fourth-order valence-corrected chi connectivity index (χ4v) is 4.26. The second-order valence-corrected chi connectivity index (χ2v) is 9.76. The number of carbonyl (C=O) groups is 1. The van der Waals surface area contributed by atoms with Crippen molar-refractivity contribution in [3.63, 3.8) is 0 Å². The number of hydrogen-bond acceptors (Lipinski definition) is 4. The summed E-state index contributed by atoms with van der Waals surface area (Å²) in [6, 6.07) is 4.57. The number of ketones is 1. The van der Waals surface area contributed by atoms with Crippen LogP contribution in [0, 0.1) is 19.3 Å². The lowest BCUT2D eigenvalue weighted by molar-refractivity contribution is -0.126. The van der Waals surface area contributed by atoms with Gasteiger partial charge in [-0.2, -0.15) is 0 Å². The van der Waals surface area contributed by atoms with Crippen LogP contribution >= 0.6 is 34.5 Å². The molecule has 5 nitrogen and oxygen atoms in total. The van der Waals surface area contributed by atoms with E-state index in [1.807, 2.05) is 13.8 Å². The summed E-state index contributed by atoms with van der Waals surface area (Å²) in [7, 11) is 0. The molecule has 1 aromatic carbocycles. The molecule has 0 atom stereocenters. The number of aryl methyl sites for hydroxylation is 2. The summed E-state index contributed by atoms with van der Waals surface area (Å²) in [5, 5.41) is 1.00. The van der Waals surface area contributed by atoms with Crippen molar-refractivity contribution in [1.82, 2.24) is 9.13 Å². The van der Waals surface area contributed by atoms with Crippen molar-refractivity contribution in [3.05, 3.63) is 59.5 Å². The Labute approximate surface area is 176 Å². The number of halogens is 2. The topological polar surface area (TPSA) is 61.1 Å². The van der Waals surface area contributed by atoms with E-state index in [1.54, 1.807) is 26.8 Å². The standard InChI is InChI=1S/C20H20Cl2N2O3S/c1-10-11(2)28-18-16(10)17(26)24(12-6-7-13(21)14(22)8-12)19(27)23(18)9-15(25)20(3,4)5/h6-8H,9H2,1-5H3. The number of rotatable bonds is 3. The van der Waals surface area contributed by atoms with Gasteiger partial charge in [0, 0.05) is 10.3 Å². The van der Waals surface area contributed by atoms with Gasteiger partial charge < -0.3 is 0 Å². The average Bonchev–Trinajstić information content (AvgIpc) is 2.89. The normalized spacial score (nSPS) is 12.0. The van der Waals surface area contributed by atoms with E-state index in [4.69, 9.17) is 23.2 Å². The number of hydrogen-bond donors (Lipinski definition) is 0. The molecule has 8 heteroatoms. The highest BCUT2D eigenvalue weighted by molar-refractivity contribution is 7.18. The van der Waals surface area contributed by atoms with Crippen LogP contribution in [0.1, 0.15) is 31.2 Å². The highest BCUT2D eigenvalue weighted by Crippen LogP contribution is 2.29. The lowest BCUT2D eigenvalue weighted by Crippen LogP contribution is -2.41. The molecular weight excluding hydrogens is 419 g/mol. The molecule has 0 aliphatic carbocycles. The monoisotopic (exact) mass is 438 g/mol. The van der Waals surface area contributed by atoms with Crippen LogP contribution in [0.5, 0.6) is 0 Å². The number of aromatic nitrogens is 2. The maximum absolute atomic E-state index is 13.3. The Morgan fingerprint density at radius 2 is 1.75 bits per heavy atom. The zero-order chi connectivity index (χ0) is 21.0. The van der Waals surface area contributed by atoms with E-state index in [0.717, 1.165) is 15.0 Å². The maximum atomic E-state index is 13.3. The third kappa shape index (κ3) is 3.45. The molecule has 3 aromatic rings. The van der Waals surface area contributed by atoms with E-state index in [-0.39, 0.29) is 17.4 Å². The fourth-order valence-electron chi connectivity index (χ4n) is 2.83. The second kappa shape index (κ2) is 7.17. The first kappa shape index (κ1) is 20.8. The Balaban J connectivity index is 2.41. The van der Waals surface area contributed by atoms with Crippen molar-refractivity contribution in [2.45, 2.75) is 41.2 Å². The molecule has 2 aromatic heterocycles. The number of fused-ring (bicyclic) bond motifs is 1. The van der Waals surface area contributed by atoms with Gasteiger partial charge in [-0.1, -0.05) is 44.0 Å². The third-order valence-electron chi connectivity index (χ3n) is 4.75. The smallest absolute Gasteiger partial charge is 0.297 e. The Morgan fingerprint density at radius 3 is 2.32 bits per heavy atom. The van der Waals surface area contributed by atoms with Crippen molar-refractivity contribution in [2.24, 2.45) is 5.41 Å². The minimum Gasteiger partial charge on any atom is -0.297 e. The largest absolute Gasteiger partial charge is 0.337 e. The summed E-state index contributed by atoms with van der Waals surface area (Å²) in [5.74, 6) is -0.0982. The Bertz CT molecular complexity index is 1230. The summed E-state index contributed by atoms with van der Waals surface area (Å²) in [6.45, 7) is 9.03. The molecule has 0 saturated heterocycles. The first-order chi connectivity index (χ1) is 12.9. The predicted octanol–water partition coefficient (Wildman–Crippen LogP) is 4.75. The fraction of sp³-hybridized carbons (Fsp3) is 0.350. The van der Waals surface area contributed by atoms with Gasteiger partial charge in [-0.05, 0) is 37.6 Å². The van der Waals surface area contributed by atoms with Crippen molar-refractivity contribution in [2.75, 3.05) is 0 Å². The third-order valence-corrected chi connectivity index (χ3v) is 6.72. The van der Waals surface area contributed by atoms with Crippen molar-refractivity contribution in [1.29, 1.82) is 0 Å². The molecule has 3 rings (SSSR count). The van der Waals surface area contributed by atoms with Crippen molar-refractivity contribution >= 4 is 50.5 Å². The molecular formula is C20H20Cl2N2O3S. The van der Waals surface area contributed by atoms with Crippen LogP contribution in [0.2, 0.25) is 10.0 Å². The van der Waals surface area contributed by atoms with Gasteiger partial charge in [0.05, 0.1) is 27.7 Å². The summed E-state index contributed by atoms with van der Waals surface area (Å²) in [6.07, 6.45) is 0. The second-order valence-electron chi connectivity index (χ2n) is 7.74. The lowest BCUT2D eigenvalue weighted by Gasteiger charge is -2.18. The average molecular weight is 439 g/mol. The Hall–Kier alpha value is -1.89. The van der Waals surface area contributed by atoms with Gasteiger partial charge >= 0.3 is 5.69 Å². The molecule has 0 unspecified atom stereocenters. The van der Waals surface area contributed by atoms with Gasteiger partial charge in [0.2, 0.25) is 0 Å². The highest BCUT2D eigenvalue weighted by atomic mass is 35.5. The van der Waals surface area contributed by atoms with Crippen molar-refractivity contribution in [3.8, 4) is 5.69 Å². The molecule has 0 N–H and O–H groups in total. The number of benzene rings is 1. The van der Waals surface area contributed by atoms with Gasteiger partial charge in [0.15, 0.2) is 5.78 Å². The number of Topliss-reactive ketones (excluding diaryl/α,β-unsaturated/α-hetero) is 1. The molecule has 0 spiro atoms. The minimum atomic E-state index is -0.613. The summed E-state index contributed by atoms with van der Waals surface area (Å²) >= 11 is 13.4. The molecule has 0 radical (unpaired) electrons. The number of carbonyl (C=O) groups excluding carboxylic acids is 1. The quantitative estimate of drug-likeness (QED) is 0.592. The van der Waals surface area contributed by atoms with Gasteiger partial charge in [0.25, 0.3) is 5.56 Å². The van der Waals surface area contributed by atoms with Crippen LogP contribution in [0.15, 0.2) is 27.8 Å². The molecule has 0 saturated carbocycles. The number of thiophene rings is 1. The SMILES string of the molecule is Cc1sc2c(c1C)c(=O)n(-c1ccc(Cl)c(Cl)c1)c(=O)n2CC(=O)C(C)(C)C. The maximum Gasteiger partial charge on any atom is 0.337 e. The molecule has 0 amide bonds. The predicted molar refractivity (Wildman–Crippen MR) is 116 cm³/mol. The lowest BCUT2D eigenvalue weighted by atomic mass is 9.91. The van der Waals surface area contributed by atoms with E-state index >= 15 is 0 Å². The first-order valence-corrected chi connectivity index (χ1v) is 10.2. The zero-order valence-corrected chi connectivity index (χ0v) is 18.6. The Morgan fingerprint density at radius 1 is 1.11 bits per heavy atom. The van der Waals surface area contributed by atoms with E-state index in [0.29, 0.717) is 20.9 Å². The van der Waals surface area contributed by atoms with E-state index < -0.39 is 16.7 Å². The van der Waals surface area contributed by atoms with Crippen LogP contribution < -0.4 is 11.2 Å². The Kier molecular flexibility index (Phi) is 5.34. The van der Waals surface area contributed by atoms with Crippen LogP contribution in [-0.4, -0.2) is 14.9 Å². The van der Waals surface area contributed by atoms with Gasteiger partial charge in [-0.25, -0.2) is 9.36 Å². The molecule has 148 valence electrons. The van der Waals surface area contributed by atoms with Gasteiger partial charge in [-0.15, -0.1) is 11.3 Å². The summed E-state index contributed by atoms with van der Waals surface area (Å²) in [4.78, 5) is 40.6. The van der Waals surface area contributed by atoms with E-state index in [1.165, 1.54) is 28.0 Å². The van der Waals surface area contributed by atoms with Crippen LogP contribution in [0.3, 0.4) is 0 Å². The molecule has 0 aliphatic rings. The summed E-state index contributed by atoms with van der Waals surface area (Å²) in [5.41, 5.74) is -0.505. The molecule has 0 aliphatic heterocycles. The van der Waals surface area contributed by atoms with Crippen LogP contribution in [0.25, 0.3) is 15.9 Å². The first-order valence-electron chi connectivity index (χ1n) is 8.67. The van der Waals surface area contributed by atoms with E-state index in [2.05, 4.69) is 0 Å². The van der Waals surface area contributed by atoms with Crippen molar-refractivity contribution < 1.29 is 4.79 Å². The molecule has 28 heavy (non-hydrogen) atoms. The van der Waals surface area contributed by atoms with Gasteiger partial charge in [-0.3, -0.25) is 14.2 Å². The summed E-state index contributed by atoms with van der Waals surface area (Å²) < 4.78 is 2.44. The van der Waals surface area contributed by atoms with Gasteiger partial charge in [0.1, 0.15) is 4.83 Å². The van der Waals surface area contributed by atoms with E-state index in [9.17, 15) is 14.4 Å². The highest BCUT2D eigenvalue weighted by Gasteiger charge is 2.26. The molecule has 0 fully saturated rings. The van der Waals surface area contributed by atoms with Crippen LogP contribution in [0.4, 0.5) is 0 Å². The molecule has 0 bridgehead atoms. The minimum absolute atomic E-state index is 0.0982. The van der Waals surface area contributed by atoms with Crippen LogP contribution in [-0.2, 0) is 11.3 Å². The molecule has 2 heterocycles. The number of nitrogens with zero attached hydrogens (tertiary/aromatic N) is 2. The zero-order valence-electron chi connectivity index (χ0n) is 16.2.